The third kappa shape index (κ3) is 4.52. The summed E-state index contributed by atoms with van der Waals surface area (Å²) in [6.07, 6.45) is 10.1. The van der Waals surface area contributed by atoms with E-state index in [4.69, 9.17) is 4.74 Å². The molecule has 1 saturated carbocycles. The normalized spacial score (nSPS) is 23.4. The number of ether oxygens (including phenoxy) is 1. The molecule has 0 heterocycles. The molecule has 0 amide bonds. The highest BCUT2D eigenvalue weighted by molar-refractivity contribution is 4.79. The Morgan fingerprint density at radius 3 is 2.27 bits per heavy atom. The molecule has 1 fully saturated rings. The number of hydrogen-bond acceptors (Lipinski definition) is 2. The van der Waals surface area contributed by atoms with Gasteiger partial charge in [-0.3, -0.25) is 0 Å². The van der Waals surface area contributed by atoms with E-state index in [1.807, 2.05) is 7.11 Å². The molecule has 2 atom stereocenters. The standard InChI is InChI=1S/C13H27NO/c1-11(15-3)10-13(14-2)12-8-6-4-5-7-9-12/h11-14H,4-10H2,1-3H3. The molecule has 0 aromatic rings. The van der Waals surface area contributed by atoms with Gasteiger partial charge in [0.15, 0.2) is 0 Å². The minimum Gasteiger partial charge on any atom is -0.382 e. The van der Waals surface area contributed by atoms with Crippen molar-refractivity contribution in [2.24, 2.45) is 5.92 Å². The molecule has 0 radical (unpaired) electrons. The molecule has 1 N–H and O–H groups in total. The molecule has 0 aromatic carbocycles. The number of nitrogens with one attached hydrogen (secondary N) is 1. The van der Waals surface area contributed by atoms with Crippen LogP contribution in [0.25, 0.3) is 0 Å². The van der Waals surface area contributed by atoms with E-state index in [1.54, 1.807) is 0 Å². The third-order valence-electron chi connectivity index (χ3n) is 3.83. The fourth-order valence-corrected chi connectivity index (χ4v) is 2.71. The van der Waals surface area contributed by atoms with Crippen molar-refractivity contribution < 1.29 is 4.74 Å². The van der Waals surface area contributed by atoms with E-state index in [2.05, 4.69) is 19.3 Å². The monoisotopic (exact) mass is 213 g/mol. The highest BCUT2D eigenvalue weighted by Gasteiger charge is 2.22. The third-order valence-corrected chi connectivity index (χ3v) is 3.83. The lowest BCUT2D eigenvalue weighted by Gasteiger charge is -2.27. The molecule has 90 valence electrons. The number of hydrogen-bond donors (Lipinski definition) is 1. The van der Waals surface area contributed by atoms with Crippen LogP contribution in [0.4, 0.5) is 0 Å². The Morgan fingerprint density at radius 1 is 1.20 bits per heavy atom. The van der Waals surface area contributed by atoms with E-state index < -0.39 is 0 Å². The minimum absolute atomic E-state index is 0.380. The summed E-state index contributed by atoms with van der Waals surface area (Å²) in [4.78, 5) is 0. The van der Waals surface area contributed by atoms with E-state index in [0.29, 0.717) is 12.1 Å². The smallest absolute Gasteiger partial charge is 0.0558 e. The first-order valence-corrected chi connectivity index (χ1v) is 6.48. The van der Waals surface area contributed by atoms with Crippen molar-refractivity contribution in [1.29, 1.82) is 0 Å². The summed E-state index contributed by atoms with van der Waals surface area (Å²) >= 11 is 0. The van der Waals surface area contributed by atoms with Gasteiger partial charge < -0.3 is 10.1 Å². The van der Waals surface area contributed by atoms with Gasteiger partial charge in [-0.15, -0.1) is 0 Å². The van der Waals surface area contributed by atoms with Crippen molar-refractivity contribution in [3.8, 4) is 0 Å². The van der Waals surface area contributed by atoms with Crippen molar-refractivity contribution in [1.82, 2.24) is 5.32 Å². The van der Waals surface area contributed by atoms with Crippen molar-refractivity contribution in [3.63, 3.8) is 0 Å². The summed E-state index contributed by atoms with van der Waals surface area (Å²) in [6, 6.07) is 0.651. The molecule has 1 rings (SSSR count). The van der Waals surface area contributed by atoms with Gasteiger partial charge in [-0.1, -0.05) is 25.7 Å². The van der Waals surface area contributed by atoms with Crippen molar-refractivity contribution in [3.05, 3.63) is 0 Å². The fourth-order valence-electron chi connectivity index (χ4n) is 2.71. The molecule has 0 saturated heterocycles. The Hall–Kier alpha value is -0.0800. The van der Waals surface area contributed by atoms with Gasteiger partial charge in [-0.05, 0) is 39.2 Å². The molecule has 2 heteroatoms. The number of methoxy groups -OCH3 is 1. The Kier molecular flexibility index (Phi) is 6.26. The van der Waals surface area contributed by atoms with Crippen molar-refractivity contribution in [2.45, 2.75) is 64.0 Å². The van der Waals surface area contributed by atoms with Gasteiger partial charge in [0.05, 0.1) is 6.10 Å². The van der Waals surface area contributed by atoms with Gasteiger partial charge in [0.1, 0.15) is 0 Å². The van der Waals surface area contributed by atoms with Crippen LogP contribution in [0.15, 0.2) is 0 Å². The molecule has 0 aromatic heterocycles. The van der Waals surface area contributed by atoms with Crippen LogP contribution in [-0.2, 0) is 4.74 Å². The second-order valence-electron chi connectivity index (χ2n) is 4.93. The molecular formula is C13H27NO. The topological polar surface area (TPSA) is 21.3 Å². The van der Waals surface area contributed by atoms with E-state index in [-0.39, 0.29) is 0 Å². The van der Waals surface area contributed by atoms with Crippen molar-refractivity contribution >= 4 is 0 Å². The Morgan fingerprint density at radius 2 is 1.80 bits per heavy atom. The van der Waals surface area contributed by atoms with Crippen LogP contribution in [0.2, 0.25) is 0 Å². The number of rotatable bonds is 5. The largest absolute Gasteiger partial charge is 0.382 e. The van der Waals surface area contributed by atoms with E-state index in [1.165, 1.54) is 38.5 Å². The summed E-state index contributed by atoms with van der Waals surface area (Å²) in [6.45, 7) is 2.17. The summed E-state index contributed by atoms with van der Waals surface area (Å²) in [5.74, 6) is 0.870. The van der Waals surface area contributed by atoms with Crippen LogP contribution < -0.4 is 5.32 Å². The van der Waals surface area contributed by atoms with Crippen molar-refractivity contribution in [2.75, 3.05) is 14.2 Å². The van der Waals surface area contributed by atoms with E-state index in [0.717, 1.165) is 12.3 Å². The Labute approximate surface area is 94.8 Å². The maximum atomic E-state index is 5.36. The molecular weight excluding hydrogens is 186 g/mol. The second-order valence-corrected chi connectivity index (χ2v) is 4.93. The summed E-state index contributed by atoms with van der Waals surface area (Å²) < 4.78 is 5.36. The zero-order valence-electron chi connectivity index (χ0n) is 10.6. The van der Waals surface area contributed by atoms with Gasteiger partial charge in [0, 0.05) is 13.2 Å². The predicted molar refractivity (Wildman–Crippen MR) is 65.1 cm³/mol. The minimum atomic E-state index is 0.380. The first kappa shape index (κ1) is 13.0. The average molecular weight is 213 g/mol. The molecule has 1 aliphatic carbocycles. The lowest BCUT2D eigenvalue weighted by Crippen LogP contribution is -2.36. The molecule has 2 unspecified atom stereocenters. The molecule has 0 aliphatic heterocycles. The zero-order chi connectivity index (χ0) is 11.1. The Balaban J connectivity index is 2.40. The predicted octanol–water partition coefficient (Wildman–Crippen LogP) is 2.97. The average Bonchev–Trinajstić information content (AvgIpc) is 2.54. The highest BCUT2D eigenvalue weighted by Crippen LogP contribution is 2.27. The molecule has 0 spiro atoms. The summed E-state index contributed by atoms with van der Waals surface area (Å²) in [5.41, 5.74) is 0. The maximum Gasteiger partial charge on any atom is 0.0558 e. The van der Waals surface area contributed by atoms with Gasteiger partial charge in [0.25, 0.3) is 0 Å². The van der Waals surface area contributed by atoms with Crippen LogP contribution in [-0.4, -0.2) is 26.3 Å². The molecule has 0 bridgehead atoms. The van der Waals surface area contributed by atoms with Crippen LogP contribution >= 0.6 is 0 Å². The van der Waals surface area contributed by atoms with Gasteiger partial charge in [-0.2, -0.15) is 0 Å². The first-order valence-electron chi connectivity index (χ1n) is 6.48. The maximum absolute atomic E-state index is 5.36. The molecule has 15 heavy (non-hydrogen) atoms. The fraction of sp³-hybridized carbons (Fsp3) is 1.00. The van der Waals surface area contributed by atoms with Crippen LogP contribution in [0.1, 0.15) is 51.9 Å². The second kappa shape index (κ2) is 7.24. The summed E-state index contributed by atoms with van der Waals surface area (Å²) in [5, 5.41) is 3.48. The Bertz CT molecular complexity index is 153. The molecule has 2 nitrogen and oxygen atoms in total. The highest BCUT2D eigenvalue weighted by atomic mass is 16.5. The zero-order valence-corrected chi connectivity index (χ0v) is 10.6. The van der Waals surface area contributed by atoms with Gasteiger partial charge in [-0.25, -0.2) is 0 Å². The van der Waals surface area contributed by atoms with Crippen LogP contribution in [0.5, 0.6) is 0 Å². The van der Waals surface area contributed by atoms with Crippen LogP contribution in [0, 0.1) is 5.92 Å². The lowest BCUT2D eigenvalue weighted by atomic mass is 9.88. The van der Waals surface area contributed by atoms with Crippen LogP contribution in [0.3, 0.4) is 0 Å². The quantitative estimate of drug-likeness (QED) is 0.709. The van der Waals surface area contributed by atoms with E-state index in [9.17, 15) is 0 Å². The van der Waals surface area contributed by atoms with E-state index >= 15 is 0 Å². The summed E-state index contributed by atoms with van der Waals surface area (Å²) in [7, 11) is 3.91. The SMILES string of the molecule is CNC(CC(C)OC)C1CCCCCC1. The first-order chi connectivity index (χ1) is 7.27. The van der Waals surface area contributed by atoms with Gasteiger partial charge in [0.2, 0.25) is 0 Å². The molecule has 1 aliphatic rings. The van der Waals surface area contributed by atoms with Gasteiger partial charge >= 0.3 is 0 Å². The lowest BCUT2D eigenvalue weighted by molar-refractivity contribution is 0.0914.